The number of imide groups is 2. The fourth-order valence-corrected chi connectivity index (χ4v) is 19.4. The number of anilines is 8. The maximum absolute atomic E-state index is 15.4. The van der Waals surface area contributed by atoms with Crippen molar-refractivity contribution >= 4 is 90.7 Å². The van der Waals surface area contributed by atoms with Crippen LogP contribution in [0.2, 0.25) is 0 Å². The summed E-state index contributed by atoms with van der Waals surface area (Å²) in [7, 11) is 0. The Hall–Kier alpha value is -12.8. The van der Waals surface area contributed by atoms with Gasteiger partial charge in [-0.1, -0.05) is 243 Å². The zero-order valence-corrected chi connectivity index (χ0v) is 61.8. The molecule has 0 fully saturated rings. The monoisotopic (exact) mass is 1400 g/mol. The van der Waals surface area contributed by atoms with Crippen molar-refractivity contribution in [2.75, 3.05) is 19.6 Å². The van der Waals surface area contributed by atoms with Crippen molar-refractivity contribution in [1.82, 2.24) is 0 Å². The predicted molar refractivity (Wildman–Crippen MR) is 439 cm³/mol. The Morgan fingerprint density at radius 1 is 0.287 bits per heavy atom. The maximum atomic E-state index is 15.4. The van der Waals surface area contributed by atoms with Gasteiger partial charge >= 0.3 is 0 Å². The molecule has 8 heteroatoms. The lowest BCUT2D eigenvalue weighted by Gasteiger charge is -2.31. The minimum absolute atomic E-state index is 0.256. The first-order valence-corrected chi connectivity index (χ1v) is 37.4. The van der Waals surface area contributed by atoms with Crippen LogP contribution in [0.15, 0.2) is 292 Å². The summed E-state index contributed by atoms with van der Waals surface area (Å²) >= 11 is 0. The van der Waals surface area contributed by atoms with Gasteiger partial charge in [0.1, 0.15) is 0 Å². The van der Waals surface area contributed by atoms with Gasteiger partial charge in [-0.25, -0.2) is 9.80 Å². The zero-order chi connectivity index (χ0) is 74.0. The molecule has 108 heavy (non-hydrogen) atoms. The van der Waals surface area contributed by atoms with Crippen LogP contribution in [-0.2, 0) is 27.1 Å². The second-order valence-corrected chi connectivity index (χ2v) is 32.4. The van der Waals surface area contributed by atoms with Gasteiger partial charge in [0.2, 0.25) is 0 Å². The van der Waals surface area contributed by atoms with Gasteiger partial charge in [-0.05, 0) is 204 Å². The average molecular weight is 1400 g/mol. The van der Waals surface area contributed by atoms with E-state index in [4.69, 9.17) is 0 Å². The SMILES string of the molecule is C=CC1(C)c2ccccc2-c2ccc(N(c3ccc4c(c3)C(C)(C)c3ccccc3-4)c3cccc4c(N5C(=O)c6ccc(C(C)(C)c7ccc8c(c7)C(=O)N(c7cccc9c(N(c%10ccc%11c(c%10)C(C)(C)c%10ccccc%10-%11)c%10ccc%11c(c%10)C(C)(C)c%10ccccc%10-%11)cccc79)C8=O)cc6C5=O)cccc34)cc21. The van der Waals surface area contributed by atoms with Crippen LogP contribution >= 0.6 is 0 Å². The lowest BCUT2D eigenvalue weighted by Crippen LogP contribution is -2.29. The Kier molecular flexibility index (Phi) is 13.6. The van der Waals surface area contributed by atoms with Crippen LogP contribution in [0.25, 0.3) is 66.1 Å². The van der Waals surface area contributed by atoms with E-state index in [1.807, 2.05) is 86.6 Å². The lowest BCUT2D eigenvalue weighted by molar-refractivity contribution is 0.0910. The molecule has 6 aliphatic rings. The molecule has 0 radical (unpaired) electrons. The Morgan fingerprint density at radius 2 is 0.583 bits per heavy atom. The first kappa shape index (κ1) is 64.8. The third kappa shape index (κ3) is 8.80. The third-order valence-electron chi connectivity index (χ3n) is 25.4. The van der Waals surface area contributed by atoms with Crippen LogP contribution in [0.5, 0.6) is 0 Å². The van der Waals surface area contributed by atoms with Crippen LogP contribution in [0.1, 0.15) is 159 Å². The number of hydrogen-bond acceptors (Lipinski definition) is 6. The normalized spacial score (nSPS) is 16.7. The van der Waals surface area contributed by atoms with E-state index in [2.05, 4.69) is 265 Å². The molecule has 20 rings (SSSR count). The number of rotatable bonds is 11. The number of benzene rings is 14. The van der Waals surface area contributed by atoms with Crippen LogP contribution in [-0.4, -0.2) is 23.6 Å². The molecule has 14 aromatic carbocycles. The highest BCUT2D eigenvalue weighted by atomic mass is 16.2. The molecule has 14 aromatic rings. The summed E-state index contributed by atoms with van der Waals surface area (Å²) in [6.45, 7) is 24.6. The van der Waals surface area contributed by atoms with E-state index < -0.39 is 34.5 Å². The molecule has 0 bridgehead atoms. The van der Waals surface area contributed by atoms with Crippen molar-refractivity contribution in [2.24, 2.45) is 0 Å². The maximum Gasteiger partial charge on any atom is 0.266 e. The van der Waals surface area contributed by atoms with E-state index in [1.165, 1.54) is 93.3 Å². The largest absolute Gasteiger partial charge is 0.310 e. The van der Waals surface area contributed by atoms with Crippen molar-refractivity contribution in [3.05, 3.63) is 370 Å². The highest BCUT2D eigenvalue weighted by molar-refractivity contribution is 6.37. The quantitative estimate of drug-likeness (QED) is 0.0948. The smallest absolute Gasteiger partial charge is 0.266 e. The van der Waals surface area contributed by atoms with Crippen molar-refractivity contribution in [3.8, 4) is 44.5 Å². The number of hydrogen-bond donors (Lipinski definition) is 0. The molecule has 1 atom stereocenters. The summed E-state index contributed by atoms with van der Waals surface area (Å²) in [6, 6.07) is 97.0. The van der Waals surface area contributed by atoms with Crippen molar-refractivity contribution in [3.63, 3.8) is 0 Å². The minimum Gasteiger partial charge on any atom is -0.310 e. The van der Waals surface area contributed by atoms with Crippen molar-refractivity contribution in [1.29, 1.82) is 0 Å². The summed E-state index contributed by atoms with van der Waals surface area (Å²) in [5.41, 5.74) is 27.1. The van der Waals surface area contributed by atoms with Crippen molar-refractivity contribution in [2.45, 2.75) is 89.4 Å². The first-order chi connectivity index (χ1) is 52.1. The molecule has 520 valence electrons. The lowest BCUT2D eigenvalue weighted by atomic mass is 9.76. The fourth-order valence-electron chi connectivity index (χ4n) is 19.4. The van der Waals surface area contributed by atoms with E-state index in [9.17, 15) is 0 Å². The molecule has 1 unspecified atom stereocenters. The number of carbonyl (C=O) groups excluding carboxylic acids is 4. The Morgan fingerprint density at radius 3 is 0.963 bits per heavy atom. The van der Waals surface area contributed by atoms with Gasteiger partial charge in [-0.15, -0.1) is 6.58 Å². The summed E-state index contributed by atoms with van der Waals surface area (Å²) in [5, 5.41) is 3.22. The fraction of sp³-hybridized carbons (Fsp3) is 0.140. The second-order valence-electron chi connectivity index (χ2n) is 32.4. The van der Waals surface area contributed by atoms with Crippen LogP contribution < -0.4 is 19.6 Å². The highest BCUT2D eigenvalue weighted by Gasteiger charge is 2.45. The summed E-state index contributed by atoms with van der Waals surface area (Å²) in [4.78, 5) is 68.3. The molecule has 8 nitrogen and oxygen atoms in total. The molecule has 0 N–H and O–H groups in total. The van der Waals surface area contributed by atoms with Crippen LogP contribution in [0.4, 0.5) is 45.5 Å². The molecule has 0 saturated heterocycles. The molecule has 2 aliphatic heterocycles. The minimum atomic E-state index is -0.822. The molecule has 0 aromatic heterocycles. The topological polar surface area (TPSA) is 81.2 Å². The van der Waals surface area contributed by atoms with E-state index >= 15 is 19.2 Å². The molecular formula is C100H76N4O4. The Labute approximate surface area is 629 Å². The first-order valence-electron chi connectivity index (χ1n) is 37.4. The van der Waals surface area contributed by atoms with E-state index in [1.54, 1.807) is 12.1 Å². The number of amides is 4. The standard InChI is InChI=1S/C100H76N4O4/c1-11-100(10)83-35-19-15-27-67(83)71-51-45-63(57-87(71)100)102(62-44-50-70-66-26-14-18-34-82(66)99(8,9)86(70)56-62)89-37-21-31-75-73(89)29-23-39-91(75)104-93(106)77-47-41-59(53-79(77)95(104)108)96(2,3)58-40-46-76-78(52-58)94(107)103(92(76)105)90-38-22-28-72-74(90)30-20-36-88(72)101(60-42-48-68-64-24-12-16-32-80(64)97(4,5)84(68)54-60)61-43-49-69-65-25-13-17-33-81(65)98(6,7)85(69)55-61/h11-57H,1H2,2-10H3. The summed E-state index contributed by atoms with van der Waals surface area (Å²) < 4.78 is 0. The molecule has 4 aliphatic carbocycles. The number of carbonyl (C=O) groups is 4. The van der Waals surface area contributed by atoms with Gasteiger partial charge in [0, 0.05) is 71.4 Å². The average Bonchev–Trinajstić information content (AvgIpc) is 1.54. The Balaban J connectivity index is 0.632. The summed E-state index contributed by atoms with van der Waals surface area (Å²) in [6.07, 6.45) is 2.06. The van der Waals surface area contributed by atoms with Crippen molar-refractivity contribution < 1.29 is 19.2 Å². The zero-order valence-electron chi connectivity index (χ0n) is 61.8. The highest BCUT2D eigenvalue weighted by Crippen LogP contribution is 2.58. The van der Waals surface area contributed by atoms with Crippen LogP contribution in [0.3, 0.4) is 0 Å². The van der Waals surface area contributed by atoms with E-state index in [0.717, 1.165) is 72.4 Å². The predicted octanol–water partition coefficient (Wildman–Crippen LogP) is 24.3. The molecule has 4 amide bonds. The third-order valence-corrected chi connectivity index (χ3v) is 25.4. The van der Waals surface area contributed by atoms with E-state index in [0.29, 0.717) is 28.1 Å². The van der Waals surface area contributed by atoms with Gasteiger partial charge in [0.05, 0.1) is 45.0 Å². The number of allylic oxidation sites excluding steroid dienone is 1. The van der Waals surface area contributed by atoms with Gasteiger partial charge < -0.3 is 9.80 Å². The van der Waals surface area contributed by atoms with Crippen LogP contribution in [0, 0.1) is 0 Å². The Bertz CT molecular complexity index is 6340. The van der Waals surface area contributed by atoms with E-state index in [-0.39, 0.29) is 21.8 Å². The molecule has 0 spiro atoms. The van der Waals surface area contributed by atoms with Gasteiger partial charge in [-0.2, -0.15) is 0 Å². The second kappa shape index (κ2) is 22.6. The molecule has 0 saturated carbocycles. The van der Waals surface area contributed by atoms with Gasteiger partial charge in [0.25, 0.3) is 23.6 Å². The van der Waals surface area contributed by atoms with Gasteiger partial charge in [0.15, 0.2) is 0 Å². The number of fused-ring (bicyclic) bond motifs is 16. The summed E-state index contributed by atoms with van der Waals surface area (Å²) in [5.74, 6) is -1.68. The molecular weight excluding hydrogens is 1320 g/mol. The number of nitrogens with zero attached hydrogens (tertiary/aromatic N) is 4. The molecule has 2 heterocycles. The van der Waals surface area contributed by atoms with Gasteiger partial charge in [-0.3, -0.25) is 19.2 Å².